The first-order valence-electron chi connectivity index (χ1n) is 11.5. The Morgan fingerprint density at radius 3 is 2.58 bits per heavy atom. The second kappa shape index (κ2) is 9.54. The van der Waals surface area contributed by atoms with E-state index in [1.54, 1.807) is 0 Å². The third kappa shape index (κ3) is 4.76. The Labute approximate surface area is 184 Å². The highest BCUT2D eigenvalue weighted by Gasteiger charge is 2.33. The number of hydrogen-bond donors (Lipinski definition) is 1. The molecule has 1 fully saturated rings. The Kier molecular flexibility index (Phi) is 6.59. The molecule has 31 heavy (non-hydrogen) atoms. The molecular formula is C26H32N2O3. The number of rotatable bonds is 5. The molecule has 2 atom stereocenters. The second-order valence-electron chi connectivity index (χ2n) is 8.70. The molecule has 164 valence electrons. The van der Waals surface area contributed by atoms with Crippen LogP contribution in [0.3, 0.4) is 0 Å². The highest BCUT2D eigenvalue weighted by molar-refractivity contribution is 5.96. The van der Waals surface area contributed by atoms with Crippen molar-refractivity contribution in [2.45, 2.75) is 77.0 Å². The van der Waals surface area contributed by atoms with E-state index < -0.39 is 6.10 Å². The van der Waals surface area contributed by atoms with E-state index >= 15 is 0 Å². The Balaban J connectivity index is 1.55. The van der Waals surface area contributed by atoms with Gasteiger partial charge in [-0.2, -0.15) is 0 Å². The van der Waals surface area contributed by atoms with Gasteiger partial charge in [0.15, 0.2) is 6.10 Å². The number of carbonyl (C=O) groups is 2. The first-order chi connectivity index (χ1) is 15.1. The van der Waals surface area contributed by atoms with Crippen LogP contribution in [0.5, 0.6) is 5.75 Å². The van der Waals surface area contributed by atoms with Crippen LogP contribution in [0.15, 0.2) is 48.5 Å². The minimum absolute atomic E-state index is 0.0169. The van der Waals surface area contributed by atoms with Gasteiger partial charge in [0.25, 0.3) is 5.91 Å². The molecule has 0 bridgehead atoms. The molecule has 1 aliphatic heterocycles. The van der Waals surface area contributed by atoms with Crippen molar-refractivity contribution in [2.75, 3.05) is 5.32 Å². The summed E-state index contributed by atoms with van der Waals surface area (Å²) in [6.07, 6.45) is 5.93. The Hall–Kier alpha value is -2.82. The van der Waals surface area contributed by atoms with Gasteiger partial charge in [-0.05, 0) is 49.9 Å². The van der Waals surface area contributed by atoms with Gasteiger partial charge in [-0.3, -0.25) is 9.59 Å². The zero-order valence-electron chi connectivity index (χ0n) is 18.5. The van der Waals surface area contributed by atoms with Crippen molar-refractivity contribution in [3.63, 3.8) is 0 Å². The van der Waals surface area contributed by atoms with Gasteiger partial charge in [-0.15, -0.1) is 0 Å². The minimum Gasteiger partial charge on any atom is -0.481 e. The molecule has 0 saturated heterocycles. The molecule has 2 aromatic rings. The quantitative estimate of drug-likeness (QED) is 0.718. The lowest BCUT2D eigenvalue weighted by Gasteiger charge is -2.34. The van der Waals surface area contributed by atoms with Crippen molar-refractivity contribution in [2.24, 2.45) is 0 Å². The largest absolute Gasteiger partial charge is 0.481 e. The van der Waals surface area contributed by atoms with Gasteiger partial charge in [-0.25, -0.2) is 0 Å². The molecule has 2 unspecified atom stereocenters. The summed E-state index contributed by atoms with van der Waals surface area (Å²) in [6, 6.07) is 15.9. The number of nitrogens with one attached hydrogen (secondary N) is 1. The van der Waals surface area contributed by atoms with Crippen LogP contribution in [0.2, 0.25) is 0 Å². The molecule has 2 aliphatic rings. The molecule has 2 amide bonds. The molecule has 0 aromatic heterocycles. The number of carbonyl (C=O) groups excluding carboxylic acids is 2. The fraction of sp³-hybridized carbons (Fsp3) is 0.462. The third-order valence-electron chi connectivity index (χ3n) is 6.55. The van der Waals surface area contributed by atoms with Crippen molar-refractivity contribution in [1.29, 1.82) is 0 Å². The van der Waals surface area contributed by atoms with E-state index in [0.717, 1.165) is 41.8 Å². The maximum absolute atomic E-state index is 13.0. The summed E-state index contributed by atoms with van der Waals surface area (Å²) in [6.45, 7) is 4.38. The lowest BCUT2D eigenvalue weighted by Crippen LogP contribution is -2.45. The SMILES string of the molecule is CCC(C(=O)Nc1ccc2c(c1)CN(C1CCCCC1)C(=O)C(C)O2)c1ccccc1. The zero-order chi connectivity index (χ0) is 21.8. The van der Waals surface area contributed by atoms with Gasteiger partial charge in [-0.1, -0.05) is 56.5 Å². The number of amides is 2. The topological polar surface area (TPSA) is 58.6 Å². The summed E-state index contributed by atoms with van der Waals surface area (Å²) in [5.74, 6) is 0.574. The van der Waals surface area contributed by atoms with Crippen LogP contribution in [-0.4, -0.2) is 28.9 Å². The molecule has 1 aliphatic carbocycles. The number of anilines is 1. The molecule has 5 nitrogen and oxygen atoms in total. The van der Waals surface area contributed by atoms with E-state index in [4.69, 9.17) is 4.74 Å². The molecule has 5 heteroatoms. The predicted octanol–water partition coefficient (Wildman–Crippen LogP) is 5.26. The van der Waals surface area contributed by atoms with Crippen molar-refractivity contribution in [3.05, 3.63) is 59.7 Å². The third-order valence-corrected chi connectivity index (χ3v) is 6.55. The van der Waals surface area contributed by atoms with Crippen LogP contribution in [-0.2, 0) is 16.1 Å². The van der Waals surface area contributed by atoms with E-state index in [1.807, 2.05) is 67.3 Å². The van der Waals surface area contributed by atoms with Crippen LogP contribution in [0.25, 0.3) is 0 Å². The number of hydrogen-bond acceptors (Lipinski definition) is 3. The number of ether oxygens (including phenoxy) is 1. The van der Waals surface area contributed by atoms with Gasteiger partial charge < -0.3 is 15.0 Å². The summed E-state index contributed by atoms with van der Waals surface area (Å²) >= 11 is 0. The van der Waals surface area contributed by atoms with Crippen LogP contribution >= 0.6 is 0 Å². The highest BCUT2D eigenvalue weighted by Crippen LogP contribution is 2.33. The van der Waals surface area contributed by atoms with Crippen LogP contribution in [0.4, 0.5) is 5.69 Å². The lowest BCUT2D eigenvalue weighted by atomic mass is 9.93. The Morgan fingerprint density at radius 1 is 1.13 bits per heavy atom. The fourth-order valence-corrected chi connectivity index (χ4v) is 4.82. The first-order valence-corrected chi connectivity index (χ1v) is 11.5. The van der Waals surface area contributed by atoms with Crippen molar-refractivity contribution in [3.8, 4) is 5.75 Å². The van der Waals surface area contributed by atoms with E-state index in [2.05, 4.69) is 5.32 Å². The fourth-order valence-electron chi connectivity index (χ4n) is 4.82. The highest BCUT2D eigenvalue weighted by atomic mass is 16.5. The second-order valence-corrected chi connectivity index (χ2v) is 8.70. The van der Waals surface area contributed by atoms with E-state index in [1.165, 1.54) is 19.3 Å². The predicted molar refractivity (Wildman–Crippen MR) is 122 cm³/mol. The summed E-state index contributed by atoms with van der Waals surface area (Å²) in [7, 11) is 0. The molecule has 1 saturated carbocycles. The Morgan fingerprint density at radius 2 is 1.87 bits per heavy atom. The number of nitrogens with zero attached hydrogens (tertiary/aromatic N) is 1. The molecule has 0 radical (unpaired) electrons. The summed E-state index contributed by atoms with van der Waals surface area (Å²) in [4.78, 5) is 28.0. The molecule has 0 spiro atoms. The van der Waals surface area contributed by atoms with Crippen molar-refractivity contribution >= 4 is 17.5 Å². The van der Waals surface area contributed by atoms with E-state index in [0.29, 0.717) is 6.54 Å². The summed E-state index contributed by atoms with van der Waals surface area (Å²) in [5, 5.41) is 3.08. The van der Waals surface area contributed by atoms with Gasteiger partial charge in [0.2, 0.25) is 5.91 Å². The monoisotopic (exact) mass is 420 g/mol. The average Bonchev–Trinajstić information content (AvgIpc) is 2.92. The Bertz CT molecular complexity index is 922. The summed E-state index contributed by atoms with van der Waals surface area (Å²) in [5.41, 5.74) is 2.71. The standard InChI is InChI=1S/C26H32N2O3/c1-3-23(19-10-6-4-7-11-19)25(29)27-21-14-15-24-20(16-21)17-28(26(30)18(2)31-24)22-12-8-5-9-13-22/h4,6-7,10-11,14-16,18,22-23H,3,5,8-9,12-13,17H2,1-2H3,(H,27,29). The smallest absolute Gasteiger partial charge is 0.263 e. The molecule has 4 rings (SSSR count). The van der Waals surface area contributed by atoms with Crippen molar-refractivity contribution in [1.82, 2.24) is 4.90 Å². The molecule has 2 aromatic carbocycles. The summed E-state index contributed by atoms with van der Waals surface area (Å²) < 4.78 is 5.98. The molecule has 1 heterocycles. The van der Waals surface area contributed by atoms with Crippen LogP contribution < -0.4 is 10.1 Å². The van der Waals surface area contributed by atoms with Gasteiger partial charge in [0.1, 0.15) is 5.75 Å². The number of fused-ring (bicyclic) bond motifs is 1. The minimum atomic E-state index is -0.494. The lowest BCUT2D eigenvalue weighted by molar-refractivity contribution is -0.140. The van der Waals surface area contributed by atoms with Gasteiger partial charge in [0, 0.05) is 23.8 Å². The first kappa shape index (κ1) is 21.4. The maximum Gasteiger partial charge on any atom is 0.263 e. The van der Waals surface area contributed by atoms with Gasteiger partial charge >= 0.3 is 0 Å². The molecule has 1 N–H and O–H groups in total. The normalized spacial score (nSPS) is 20.4. The van der Waals surface area contributed by atoms with Crippen LogP contribution in [0, 0.1) is 0 Å². The number of benzene rings is 2. The van der Waals surface area contributed by atoms with E-state index in [-0.39, 0.29) is 23.8 Å². The maximum atomic E-state index is 13.0. The zero-order valence-corrected chi connectivity index (χ0v) is 18.5. The van der Waals surface area contributed by atoms with E-state index in [9.17, 15) is 9.59 Å². The van der Waals surface area contributed by atoms with Gasteiger partial charge in [0.05, 0.1) is 5.92 Å². The van der Waals surface area contributed by atoms with Crippen LogP contribution in [0.1, 0.15) is 69.4 Å². The average molecular weight is 421 g/mol. The van der Waals surface area contributed by atoms with Crippen molar-refractivity contribution < 1.29 is 14.3 Å². The molecular weight excluding hydrogens is 388 g/mol.